The highest BCUT2D eigenvalue weighted by Crippen LogP contribution is 2.09. The van der Waals surface area contributed by atoms with E-state index in [0.29, 0.717) is 24.1 Å². The van der Waals surface area contributed by atoms with E-state index in [1.54, 1.807) is 36.4 Å². The molecule has 0 saturated carbocycles. The Balaban J connectivity index is 1.71. The number of nitrogens with zero attached hydrogens (tertiary/aromatic N) is 1. The fourth-order valence-electron chi connectivity index (χ4n) is 2.71. The number of Topliss-reactive ketones (excluding diaryl/α,β-unsaturated/α-hetero) is 1. The number of amides is 1. The molecule has 0 spiro atoms. The summed E-state index contributed by atoms with van der Waals surface area (Å²) in [6.45, 7) is 1.82. The average Bonchev–Trinajstić information content (AvgIpc) is 2.74. The Labute approximate surface area is 170 Å². The molecule has 0 heterocycles. The van der Waals surface area contributed by atoms with Crippen molar-refractivity contribution >= 4 is 17.7 Å². The van der Waals surface area contributed by atoms with E-state index < -0.39 is 5.97 Å². The van der Waals surface area contributed by atoms with E-state index >= 15 is 0 Å². The van der Waals surface area contributed by atoms with Gasteiger partial charge in [0.25, 0.3) is 0 Å². The van der Waals surface area contributed by atoms with Crippen molar-refractivity contribution in [1.29, 1.82) is 5.26 Å². The van der Waals surface area contributed by atoms with Gasteiger partial charge in [-0.3, -0.25) is 14.4 Å². The Hall–Kier alpha value is -3.46. The highest BCUT2D eigenvalue weighted by atomic mass is 16.5. The molecule has 1 amide bonds. The molecule has 0 aliphatic heterocycles. The Morgan fingerprint density at radius 1 is 0.966 bits per heavy atom. The summed E-state index contributed by atoms with van der Waals surface area (Å²) in [6, 6.07) is 16.2. The fraction of sp³-hybridized carbons (Fsp3) is 0.304. The van der Waals surface area contributed by atoms with Gasteiger partial charge >= 0.3 is 5.97 Å². The first-order valence-corrected chi connectivity index (χ1v) is 9.49. The van der Waals surface area contributed by atoms with Gasteiger partial charge in [0.2, 0.25) is 5.91 Å². The van der Waals surface area contributed by atoms with Crippen LogP contribution in [0.2, 0.25) is 0 Å². The van der Waals surface area contributed by atoms with Gasteiger partial charge in [-0.1, -0.05) is 36.4 Å². The van der Waals surface area contributed by atoms with Crippen molar-refractivity contribution in [2.24, 2.45) is 0 Å². The van der Waals surface area contributed by atoms with E-state index in [1.165, 1.54) is 6.92 Å². The summed E-state index contributed by atoms with van der Waals surface area (Å²) in [7, 11) is 0. The minimum atomic E-state index is -0.433. The highest BCUT2D eigenvalue weighted by molar-refractivity contribution is 5.97. The van der Waals surface area contributed by atoms with Crippen LogP contribution < -0.4 is 5.32 Å². The quantitative estimate of drug-likeness (QED) is 0.381. The van der Waals surface area contributed by atoms with Gasteiger partial charge in [0.1, 0.15) is 0 Å². The van der Waals surface area contributed by atoms with Gasteiger partial charge in [-0.15, -0.1) is 0 Å². The van der Waals surface area contributed by atoms with E-state index in [2.05, 4.69) is 5.32 Å². The first-order chi connectivity index (χ1) is 14.0. The third-order valence-electron chi connectivity index (χ3n) is 4.36. The standard InChI is InChI=1S/C23H24N2O4/c1-17(26)25-14-2-3-18-8-11-21(12-9-18)22(27)16-29-23(28)13-10-19-4-6-20(15-24)7-5-19/h4-9,11-12H,2-3,10,13-14,16H2,1H3,(H,25,26). The Kier molecular flexibility index (Phi) is 8.58. The molecule has 6 heteroatoms. The number of carbonyl (C=O) groups is 3. The molecule has 0 aliphatic rings. The first kappa shape index (κ1) is 21.8. The van der Waals surface area contributed by atoms with E-state index in [9.17, 15) is 14.4 Å². The number of carbonyl (C=O) groups excluding carboxylic acids is 3. The van der Waals surface area contributed by atoms with Crippen LogP contribution in [0, 0.1) is 11.3 Å². The van der Waals surface area contributed by atoms with E-state index in [4.69, 9.17) is 10.00 Å². The summed E-state index contributed by atoms with van der Waals surface area (Å²) in [6.07, 6.45) is 2.29. The van der Waals surface area contributed by atoms with E-state index in [0.717, 1.165) is 24.0 Å². The summed E-state index contributed by atoms with van der Waals surface area (Å²) in [5, 5.41) is 11.5. The number of ether oxygens (including phenoxy) is 1. The maximum atomic E-state index is 12.2. The Morgan fingerprint density at radius 2 is 1.59 bits per heavy atom. The zero-order chi connectivity index (χ0) is 21.1. The number of hydrogen-bond acceptors (Lipinski definition) is 5. The lowest BCUT2D eigenvalue weighted by atomic mass is 10.1. The van der Waals surface area contributed by atoms with Crippen LogP contribution in [0.15, 0.2) is 48.5 Å². The molecule has 2 aromatic carbocycles. The van der Waals surface area contributed by atoms with Crippen LogP contribution in [0.5, 0.6) is 0 Å². The fourth-order valence-corrected chi connectivity index (χ4v) is 2.71. The van der Waals surface area contributed by atoms with Gasteiger partial charge < -0.3 is 10.1 Å². The van der Waals surface area contributed by atoms with Crippen LogP contribution in [0.25, 0.3) is 0 Å². The summed E-state index contributed by atoms with van der Waals surface area (Å²) in [4.78, 5) is 34.9. The highest BCUT2D eigenvalue weighted by Gasteiger charge is 2.10. The van der Waals surface area contributed by atoms with Crippen molar-refractivity contribution in [2.75, 3.05) is 13.2 Å². The van der Waals surface area contributed by atoms with Gasteiger partial charge in [-0.05, 0) is 42.5 Å². The average molecular weight is 392 g/mol. The predicted octanol–water partition coefficient (Wildman–Crippen LogP) is 2.99. The van der Waals surface area contributed by atoms with Crippen molar-refractivity contribution in [3.05, 3.63) is 70.8 Å². The molecule has 0 saturated heterocycles. The molecule has 2 rings (SSSR count). The Bertz CT molecular complexity index is 881. The first-order valence-electron chi connectivity index (χ1n) is 9.49. The lowest BCUT2D eigenvalue weighted by Crippen LogP contribution is -2.21. The topological polar surface area (TPSA) is 96.3 Å². The lowest BCUT2D eigenvalue weighted by Gasteiger charge is -2.06. The molecule has 2 aromatic rings. The molecule has 0 fully saturated rings. The maximum Gasteiger partial charge on any atom is 0.306 e. The van der Waals surface area contributed by atoms with Crippen molar-refractivity contribution in [2.45, 2.75) is 32.6 Å². The van der Waals surface area contributed by atoms with Gasteiger partial charge in [0.15, 0.2) is 12.4 Å². The zero-order valence-corrected chi connectivity index (χ0v) is 16.4. The molecule has 0 atom stereocenters. The Morgan fingerprint density at radius 3 is 2.21 bits per heavy atom. The normalized spacial score (nSPS) is 10.1. The number of hydrogen-bond donors (Lipinski definition) is 1. The molecule has 150 valence electrons. The molecule has 6 nitrogen and oxygen atoms in total. The van der Waals surface area contributed by atoms with E-state index in [-0.39, 0.29) is 24.7 Å². The summed E-state index contributed by atoms with van der Waals surface area (Å²) in [5.74, 6) is -0.726. The molecule has 0 aromatic heterocycles. The van der Waals surface area contributed by atoms with Crippen LogP contribution in [-0.2, 0) is 27.2 Å². The zero-order valence-electron chi connectivity index (χ0n) is 16.4. The number of esters is 1. The summed E-state index contributed by atoms with van der Waals surface area (Å²) in [5.41, 5.74) is 3.07. The number of nitriles is 1. The minimum Gasteiger partial charge on any atom is -0.457 e. The molecule has 0 bridgehead atoms. The van der Waals surface area contributed by atoms with Crippen LogP contribution in [0.1, 0.15) is 46.8 Å². The second-order valence-corrected chi connectivity index (χ2v) is 6.68. The van der Waals surface area contributed by atoms with Crippen LogP contribution in [0.3, 0.4) is 0 Å². The SMILES string of the molecule is CC(=O)NCCCc1ccc(C(=O)COC(=O)CCc2ccc(C#N)cc2)cc1. The van der Waals surface area contributed by atoms with Crippen LogP contribution in [0.4, 0.5) is 0 Å². The van der Waals surface area contributed by atoms with Crippen molar-refractivity contribution in [3.8, 4) is 6.07 Å². The lowest BCUT2D eigenvalue weighted by molar-refractivity contribution is -0.142. The van der Waals surface area contributed by atoms with Gasteiger partial charge in [-0.2, -0.15) is 5.26 Å². The van der Waals surface area contributed by atoms with Gasteiger partial charge in [0, 0.05) is 25.5 Å². The van der Waals surface area contributed by atoms with Crippen molar-refractivity contribution in [1.82, 2.24) is 5.32 Å². The van der Waals surface area contributed by atoms with Gasteiger partial charge in [-0.25, -0.2) is 0 Å². The summed E-state index contributed by atoms with van der Waals surface area (Å²) < 4.78 is 5.08. The predicted molar refractivity (Wildman–Crippen MR) is 108 cm³/mol. The molecule has 0 unspecified atom stereocenters. The van der Waals surface area contributed by atoms with Crippen LogP contribution >= 0.6 is 0 Å². The molecule has 1 N–H and O–H groups in total. The van der Waals surface area contributed by atoms with Gasteiger partial charge in [0.05, 0.1) is 11.6 Å². The van der Waals surface area contributed by atoms with E-state index in [1.807, 2.05) is 18.2 Å². The molecular formula is C23H24N2O4. The summed E-state index contributed by atoms with van der Waals surface area (Å²) >= 11 is 0. The third kappa shape index (κ3) is 7.97. The number of rotatable bonds is 10. The molecule has 0 aliphatic carbocycles. The van der Waals surface area contributed by atoms with Crippen LogP contribution in [-0.4, -0.2) is 30.8 Å². The largest absolute Gasteiger partial charge is 0.457 e. The second kappa shape index (κ2) is 11.4. The van der Waals surface area contributed by atoms with Crippen molar-refractivity contribution < 1.29 is 19.1 Å². The molecular weight excluding hydrogens is 368 g/mol. The number of benzene rings is 2. The smallest absolute Gasteiger partial charge is 0.306 e. The molecule has 29 heavy (non-hydrogen) atoms. The van der Waals surface area contributed by atoms with Crippen molar-refractivity contribution in [3.63, 3.8) is 0 Å². The monoisotopic (exact) mass is 392 g/mol. The number of aryl methyl sites for hydroxylation is 2. The minimum absolute atomic E-state index is 0.0441. The number of nitrogens with one attached hydrogen (secondary N) is 1. The number of ketones is 1. The second-order valence-electron chi connectivity index (χ2n) is 6.68. The third-order valence-corrected chi connectivity index (χ3v) is 4.36. The maximum absolute atomic E-state index is 12.2. The molecule has 0 radical (unpaired) electrons.